The second kappa shape index (κ2) is 6.33. The number of aromatic nitrogens is 2. The SMILES string of the molecule is CCN(c1cnc(C)c(C)n1)C1CCCCC1CN. The van der Waals surface area contributed by atoms with Crippen molar-refractivity contribution in [2.45, 2.75) is 52.5 Å². The highest BCUT2D eigenvalue weighted by atomic mass is 15.2. The molecule has 1 aromatic rings. The third-order valence-corrected chi connectivity index (χ3v) is 4.39. The highest BCUT2D eigenvalue weighted by Crippen LogP contribution is 2.30. The molecule has 0 radical (unpaired) electrons. The van der Waals surface area contributed by atoms with Crippen molar-refractivity contribution in [2.75, 3.05) is 18.0 Å². The molecular weight excluding hydrogens is 236 g/mol. The van der Waals surface area contributed by atoms with Gasteiger partial charge in [-0.05, 0) is 46.1 Å². The molecule has 19 heavy (non-hydrogen) atoms. The van der Waals surface area contributed by atoms with E-state index in [-0.39, 0.29) is 0 Å². The first-order valence-corrected chi connectivity index (χ1v) is 7.44. The second-order valence-electron chi connectivity index (χ2n) is 5.53. The first-order chi connectivity index (χ1) is 9.17. The maximum absolute atomic E-state index is 5.96. The number of rotatable bonds is 4. The number of anilines is 1. The Labute approximate surface area is 116 Å². The van der Waals surface area contributed by atoms with Gasteiger partial charge in [-0.25, -0.2) is 4.98 Å². The van der Waals surface area contributed by atoms with Crippen LogP contribution in [0.3, 0.4) is 0 Å². The fraction of sp³-hybridized carbons (Fsp3) is 0.733. The Balaban J connectivity index is 2.24. The van der Waals surface area contributed by atoms with Crippen molar-refractivity contribution in [2.24, 2.45) is 11.7 Å². The van der Waals surface area contributed by atoms with Crippen LogP contribution in [-0.4, -0.2) is 29.1 Å². The fourth-order valence-electron chi connectivity index (χ4n) is 3.11. The van der Waals surface area contributed by atoms with Crippen molar-refractivity contribution in [1.29, 1.82) is 0 Å². The summed E-state index contributed by atoms with van der Waals surface area (Å²) in [6.45, 7) is 7.98. The molecule has 0 aliphatic heterocycles. The number of nitrogens with two attached hydrogens (primary N) is 1. The van der Waals surface area contributed by atoms with Gasteiger partial charge in [0.05, 0.1) is 17.6 Å². The molecule has 1 aromatic heterocycles. The summed E-state index contributed by atoms with van der Waals surface area (Å²) in [6.07, 6.45) is 7.00. The van der Waals surface area contributed by atoms with E-state index in [1.165, 1.54) is 25.7 Å². The molecule has 2 atom stereocenters. The van der Waals surface area contributed by atoms with Crippen molar-refractivity contribution < 1.29 is 0 Å². The Bertz CT molecular complexity index is 419. The third-order valence-electron chi connectivity index (χ3n) is 4.39. The Kier molecular flexibility index (Phi) is 4.75. The molecule has 1 aliphatic carbocycles. The molecule has 1 heterocycles. The average molecular weight is 262 g/mol. The first-order valence-electron chi connectivity index (χ1n) is 7.44. The topological polar surface area (TPSA) is 55.0 Å². The Hall–Kier alpha value is -1.16. The van der Waals surface area contributed by atoms with E-state index in [2.05, 4.69) is 16.8 Å². The molecule has 1 aliphatic rings. The van der Waals surface area contributed by atoms with E-state index in [9.17, 15) is 0 Å². The molecule has 2 rings (SSSR count). The summed E-state index contributed by atoms with van der Waals surface area (Å²) < 4.78 is 0. The van der Waals surface area contributed by atoms with Gasteiger partial charge in [-0.3, -0.25) is 4.98 Å². The summed E-state index contributed by atoms with van der Waals surface area (Å²) in [6, 6.07) is 0.528. The summed E-state index contributed by atoms with van der Waals surface area (Å²) in [5.41, 5.74) is 7.99. The lowest BCUT2D eigenvalue weighted by atomic mass is 9.83. The van der Waals surface area contributed by atoms with Crippen molar-refractivity contribution in [3.63, 3.8) is 0 Å². The lowest BCUT2D eigenvalue weighted by Gasteiger charge is -2.39. The van der Waals surface area contributed by atoms with Gasteiger partial charge in [0.1, 0.15) is 5.82 Å². The van der Waals surface area contributed by atoms with Crippen LogP contribution in [0.25, 0.3) is 0 Å². The van der Waals surface area contributed by atoms with Crippen LogP contribution in [0.4, 0.5) is 5.82 Å². The Morgan fingerprint density at radius 2 is 2.00 bits per heavy atom. The van der Waals surface area contributed by atoms with Gasteiger partial charge in [-0.15, -0.1) is 0 Å². The lowest BCUT2D eigenvalue weighted by molar-refractivity contribution is 0.299. The zero-order valence-corrected chi connectivity index (χ0v) is 12.4. The fourth-order valence-corrected chi connectivity index (χ4v) is 3.11. The van der Waals surface area contributed by atoms with Crippen molar-refractivity contribution in [3.05, 3.63) is 17.6 Å². The van der Waals surface area contributed by atoms with E-state index < -0.39 is 0 Å². The van der Waals surface area contributed by atoms with E-state index in [1.54, 1.807) is 0 Å². The number of aryl methyl sites for hydroxylation is 2. The summed E-state index contributed by atoms with van der Waals surface area (Å²) in [5, 5.41) is 0. The van der Waals surface area contributed by atoms with Crippen LogP contribution < -0.4 is 10.6 Å². The van der Waals surface area contributed by atoms with Crippen LogP contribution >= 0.6 is 0 Å². The van der Waals surface area contributed by atoms with Crippen LogP contribution in [0.15, 0.2) is 6.20 Å². The highest BCUT2D eigenvalue weighted by molar-refractivity contribution is 5.39. The molecule has 1 fully saturated rings. The molecular formula is C15H26N4. The maximum Gasteiger partial charge on any atom is 0.147 e. The summed E-state index contributed by atoms with van der Waals surface area (Å²) in [5.74, 6) is 1.60. The van der Waals surface area contributed by atoms with Gasteiger partial charge in [0.25, 0.3) is 0 Å². The molecule has 0 aromatic carbocycles. The minimum absolute atomic E-state index is 0.528. The number of nitrogens with zero attached hydrogens (tertiary/aromatic N) is 3. The van der Waals surface area contributed by atoms with Crippen molar-refractivity contribution in [1.82, 2.24) is 9.97 Å². The first kappa shape index (κ1) is 14.3. The van der Waals surface area contributed by atoms with Gasteiger partial charge in [0, 0.05) is 12.6 Å². The number of hydrogen-bond donors (Lipinski definition) is 1. The predicted molar refractivity (Wildman–Crippen MR) is 79.3 cm³/mol. The standard InChI is InChI=1S/C15H26N4/c1-4-19(14-8-6-5-7-13(14)9-16)15-10-17-11(2)12(3)18-15/h10,13-14H,4-9,16H2,1-3H3. The zero-order valence-electron chi connectivity index (χ0n) is 12.4. The van der Waals surface area contributed by atoms with E-state index in [0.29, 0.717) is 12.0 Å². The average Bonchev–Trinajstić information content (AvgIpc) is 2.44. The molecule has 0 saturated heterocycles. The molecule has 0 spiro atoms. The number of hydrogen-bond acceptors (Lipinski definition) is 4. The molecule has 106 valence electrons. The van der Waals surface area contributed by atoms with Gasteiger partial charge < -0.3 is 10.6 Å². The highest BCUT2D eigenvalue weighted by Gasteiger charge is 2.29. The van der Waals surface area contributed by atoms with E-state index >= 15 is 0 Å². The predicted octanol–water partition coefficient (Wildman–Crippen LogP) is 2.44. The summed E-state index contributed by atoms with van der Waals surface area (Å²) >= 11 is 0. The minimum Gasteiger partial charge on any atom is -0.352 e. The summed E-state index contributed by atoms with van der Waals surface area (Å²) in [7, 11) is 0. The second-order valence-corrected chi connectivity index (χ2v) is 5.53. The normalized spacial score (nSPS) is 23.4. The quantitative estimate of drug-likeness (QED) is 0.905. The smallest absolute Gasteiger partial charge is 0.147 e. The Morgan fingerprint density at radius 1 is 1.26 bits per heavy atom. The molecule has 2 unspecified atom stereocenters. The van der Waals surface area contributed by atoms with Gasteiger partial charge in [0.2, 0.25) is 0 Å². The zero-order chi connectivity index (χ0) is 13.8. The van der Waals surface area contributed by atoms with Gasteiger partial charge >= 0.3 is 0 Å². The van der Waals surface area contributed by atoms with Crippen LogP contribution in [0.1, 0.15) is 44.0 Å². The lowest BCUT2D eigenvalue weighted by Crippen LogP contribution is -2.45. The molecule has 1 saturated carbocycles. The molecule has 0 bridgehead atoms. The Morgan fingerprint density at radius 3 is 2.63 bits per heavy atom. The van der Waals surface area contributed by atoms with E-state index in [0.717, 1.165) is 30.3 Å². The minimum atomic E-state index is 0.528. The van der Waals surface area contributed by atoms with Crippen molar-refractivity contribution in [3.8, 4) is 0 Å². The van der Waals surface area contributed by atoms with Crippen molar-refractivity contribution >= 4 is 5.82 Å². The van der Waals surface area contributed by atoms with Gasteiger partial charge in [-0.1, -0.05) is 12.8 Å². The molecule has 0 amide bonds. The molecule has 4 nitrogen and oxygen atoms in total. The van der Waals surface area contributed by atoms with Gasteiger partial charge in [0.15, 0.2) is 0 Å². The van der Waals surface area contributed by atoms with E-state index in [1.807, 2.05) is 20.0 Å². The van der Waals surface area contributed by atoms with Gasteiger partial charge in [-0.2, -0.15) is 0 Å². The van der Waals surface area contributed by atoms with Crippen LogP contribution in [0, 0.1) is 19.8 Å². The van der Waals surface area contributed by atoms with Crippen LogP contribution in [-0.2, 0) is 0 Å². The third kappa shape index (κ3) is 3.06. The largest absolute Gasteiger partial charge is 0.352 e. The monoisotopic (exact) mass is 262 g/mol. The van der Waals surface area contributed by atoms with Crippen LogP contribution in [0.5, 0.6) is 0 Å². The maximum atomic E-state index is 5.96. The van der Waals surface area contributed by atoms with E-state index in [4.69, 9.17) is 10.7 Å². The summed E-state index contributed by atoms with van der Waals surface area (Å²) in [4.78, 5) is 11.6. The molecule has 2 N–H and O–H groups in total. The molecule has 4 heteroatoms. The van der Waals surface area contributed by atoms with Crippen LogP contribution in [0.2, 0.25) is 0 Å².